The lowest BCUT2D eigenvalue weighted by molar-refractivity contribution is -0.131. The zero-order chi connectivity index (χ0) is 22.2. The van der Waals surface area contributed by atoms with Crippen LogP contribution in [0.1, 0.15) is 54.6 Å². The van der Waals surface area contributed by atoms with Crippen molar-refractivity contribution in [3.05, 3.63) is 75.9 Å². The molecule has 2 unspecified atom stereocenters. The summed E-state index contributed by atoms with van der Waals surface area (Å²) in [6, 6.07) is 7.09. The highest BCUT2D eigenvalue weighted by Crippen LogP contribution is 2.41. The number of halogens is 3. The molecule has 0 saturated heterocycles. The van der Waals surface area contributed by atoms with E-state index in [-0.39, 0.29) is 23.7 Å². The number of aryl methyl sites for hydroxylation is 1. The van der Waals surface area contributed by atoms with Crippen molar-refractivity contribution in [2.24, 2.45) is 0 Å². The number of alkyl halides is 1. The number of aliphatic carboxylic acids is 1. The molecule has 0 aromatic heterocycles. The van der Waals surface area contributed by atoms with Gasteiger partial charge in [0.2, 0.25) is 0 Å². The van der Waals surface area contributed by atoms with Crippen molar-refractivity contribution in [1.82, 2.24) is 4.90 Å². The fourth-order valence-electron chi connectivity index (χ4n) is 4.18. The molecule has 1 N–H and O–H groups in total. The Kier molecular flexibility index (Phi) is 6.09. The Morgan fingerprint density at radius 1 is 1.23 bits per heavy atom. The third kappa shape index (κ3) is 4.75. The monoisotopic (exact) mass is 417 g/mol. The molecule has 160 valence electrons. The second-order valence-electron chi connectivity index (χ2n) is 8.62. The number of hydrogen-bond donors (Lipinski definition) is 1. The maximum atomic E-state index is 15.2. The summed E-state index contributed by atoms with van der Waals surface area (Å²) < 4.78 is 45.0. The highest BCUT2D eigenvalue weighted by Gasteiger charge is 2.39. The van der Waals surface area contributed by atoms with Crippen LogP contribution in [0.2, 0.25) is 0 Å². The zero-order valence-corrected chi connectivity index (χ0v) is 17.5. The van der Waals surface area contributed by atoms with E-state index < -0.39 is 29.3 Å². The van der Waals surface area contributed by atoms with Gasteiger partial charge in [-0.3, -0.25) is 4.90 Å². The molecule has 0 radical (unpaired) electrons. The molecule has 2 atom stereocenters. The zero-order valence-electron chi connectivity index (χ0n) is 17.5. The van der Waals surface area contributed by atoms with E-state index in [1.807, 2.05) is 36.9 Å². The second-order valence-corrected chi connectivity index (χ2v) is 8.62. The minimum Gasteiger partial charge on any atom is -0.478 e. The van der Waals surface area contributed by atoms with Gasteiger partial charge in [-0.25, -0.2) is 18.0 Å². The first-order valence-corrected chi connectivity index (χ1v) is 9.90. The van der Waals surface area contributed by atoms with E-state index in [1.165, 1.54) is 13.8 Å². The fourth-order valence-corrected chi connectivity index (χ4v) is 4.18. The lowest BCUT2D eigenvalue weighted by atomic mass is 9.83. The summed E-state index contributed by atoms with van der Waals surface area (Å²) in [5.74, 6) is -2.78. The minimum absolute atomic E-state index is 0.0195. The minimum atomic E-state index is -1.55. The molecule has 1 heterocycles. The molecule has 3 nitrogen and oxygen atoms in total. The summed E-state index contributed by atoms with van der Waals surface area (Å²) in [6.45, 7) is 6.82. The topological polar surface area (TPSA) is 40.5 Å². The Morgan fingerprint density at radius 2 is 1.87 bits per heavy atom. The Morgan fingerprint density at radius 3 is 2.43 bits per heavy atom. The van der Waals surface area contributed by atoms with Gasteiger partial charge in [0.05, 0.1) is 6.04 Å². The van der Waals surface area contributed by atoms with Crippen LogP contribution < -0.4 is 0 Å². The Balaban J connectivity index is 2.17. The Labute approximate surface area is 174 Å². The van der Waals surface area contributed by atoms with E-state index in [1.54, 1.807) is 0 Å². The van der Waals surface area contributed by atoms with Gasteiger partial charge in [0.15, 0.2) is 0 Å². The number of benzene rings is 2. The summed E-state index contributed by atoms with van der Waals surface area (Å²) in [6.07, 6.45) is 2.63. The average Bonchev–Trinajstić information content (AvgIpc) is 2.60. The molecule has 2 aromatic carbocycles. The highest BCUT2D eigenvalue weighted by atomic mass is 19.1. The van der Waals surface area contributed by atoms with Gasteiger partial charge in [-0.05, 0) is 69.0 Å². The number of hydrogen-bond acceptors (Lipinski definition) is 2. The molecule has 2 aromatic rings. The van der Waals surface area contributed by atoms with Gasteiger partial charge in [0, 0.05) is 24.2 Å². The molecule has 1 aliphatic rings. The molecule has 0 spiro atoms. The molecule has 3 rings (SSSR count). The first kappa shape index (κ1) is 22.1. The third-order valence-corrected chi connectivity index (χ3v) is 5.36. The maximum absolute atomic E-state index is 15.2. The van der Waals surface area contributed by atoms with E-state index in [4.69, 9.17) is 5.11 Å². The van der Waals surface area contributed by atoms with Crippen LogP contribution in [0.5, 0.6) is 0 Å². The van der Waals surface area contributed by atoms with Gasteiger partial charge >= 0.3 is 5.97 Å². The van der Waals surface area contributed by atoms with E-state index in [0.717, 1.165) is 41.0 Å². The van der Waals surface area contributed by atoms with Gasteiger partial charge in [-0.2, -0.15) is 0 Å². The molecule has 0 amide bonds. The molecule has 30 heavy (non-hydrogen) atoms. The third-order valence-electron chi connectivity index (χ3n) is 5.36. The summed E-state index contributed by atoms with van der Waals surface area (Å²) in [7, 11) is 0. The van der Waals surface area contributed by atoms with E-state index in [9.17, 15) is 9.18 Å². The normalized spacial score (nSPS) is 19.8. The van der Waals surface area contributed by atoms with Gasteiger partial charge in [-0.1, -0.05) is 23.8 Å². The van der Waals surface area contributed by atoms with Crippen LogP contribution in [-0.4, -0.2) is 34.2 Å². The van der Waals surface area contributed by atoms with Crippen LogP contribution in [0.15, 0.2) is 36.4 Å². The molecule has 6 heteroatoms. The Bertz CT molecular complexity index is 971. The SMILES string of the molecule is Cc1ccc2c(c1)CC(C)N(CC(C)(C)F)C2c1c(F)cc(/C=C/C(=O)O)cc1F. The molecule has 0 saturated carbocycles. The lowest BCUT2D eigenvalue weighted by Gasteiger charge is -2.44. The molecule has 0 aliphatic carbocycles. The van der Waals surface area contributed by atoms with Crippen molar-refractivity contribution in [2.75, 3.05) is 6.54 Å². The summed E-state index contributed by atoms with van der Waals surface area (Å²) >= 11 is 0. The summed E-state index contributed by atoms with van der Waals surface area (Å²) in [5.41, 5.74) is 1.22. The lowest BCUT2D eigenvalue weighted by Crippen LogP contribution is -2.48. The fraction of sp³-hybridized carbons (Fsp3) is 0.375. The van der Waals surface area contributed by atoms with E-state index in [0.29, 0.717) is 6.42 Å². The number of rotatable bonds is 5. The predicted molar refractivity (Wildman–Crippen MR) is 111 cm³/mol. The summed E-state index contributed by atoms with van der Waals surface area (Å²) in [5, 5.41) is 8.76. The van der Waals surface area contributed by atoms with Crippen molar-refractivity contribution in [2.45, 2.75) is 51.9 Å². The molecule has 0 fully saturated rings. The highest BCUT2D eigenvalue weighted by molar-refractivity contribution is 5.85. The molecular formula is C24H26F3NO2. The van der Waals surface area contributed by atoms with Gasteiger partial charge < -0.3 is 5.11 Å². The molecule has 0 bridgehead atoms. The van der Waals surface area contributed by atoms with Crippen molar-refractivity contribution >= 4 is 12.0 Å². The van der Waals surface area contributed by atoms with Crippen LogP contribution in [0.4, 0.5) is 13.2 Å². The quantitative estimate of drug-likeness (QED) is 0.657. The van der Waals surface area contributed by atoms with Crippen molar-refractivity contribution in [1.29, 1.82) is 0 Å². The van der Waals surface area contributed by atoms with Crippen LogP contribution in [-0.2, 0) is 11.2 Å². The number of carbonyl (C=O) groups is 1. The smallest absolute Gasteiger partial charge is 0.328 e. The largest absolute Gasteiger partial charge is 0.478 e. The second kappa shape index (κ2) is 8.26. The summed E-state index contributed by atoms with van der Waals surface area (Å²) in [4.78, 5) is 12.5. The average molecular weight is 417 g/mol. The predicted octanol–water partition coefficient (Wildman–Crippen LogP) is 5.46. The van der Waals surface area contributed by atoms with Crippen LogP contribution >= 0.6 is 0 Å². The maximum Gasteiger partial charge on any atom is 0.328 e. The van der Waals surface area contributed by atoms with E-state index in [2.05, 4.69) is 0 Å². The van der Waals surface area contributed by atoms with Gasteiger partial charge in [0.25, 0.3) is 0 Å². The van der Waals surface area contributed by atoms with Crippen LogP contribution in [0.25, 0.3) is 6.08 Å². The van der Waals surface area contributed by atoms with Gasteiger partial charge in [-0.15, -0.1) is 0 Å². The van der Waals surface area contributed by atoms with Crippen LogP contribution in [0, 0.1) is 18.6 Å². The van der Waals surface area contributed by atoms with Crippen LogP contribution in [0.3, 0.4) is 0 Å². The first-order chi connectivity index (χ1) is 14.0. The Hall–Kier alpha value is -2.60. The first-order valence-electron chi connectivity index (χ1n) is 9.90. The van der Waals surface area contributed by atoms with E-state index >= 15 is 8.78 Å². The van der Waals surface area contributed by atoms with Crippen molar-refractivity contribution < 1.29 is 23.1 Å². The molecule has 1 aliphatic heterocycles. The van der Waals surface area contributed by atoms with Crippen molar-refractivity contribution in [3.63, 3.8) is 0 Å². The van der Waals surface area contributed by atoms with Gasteiger partial charge in [0.1, 0.15) is 17.3 Å². The number of carboxylic acid groups (broad SMARTS) is 1. The van der Waals surface area contributed by atoms with Crippen molar-refractivity contribution in [3.8, 4) is 0 Å². The molecular weight excluding hydrogens is 391 g/mol. The standard InChI is InChI=1S/C24H26F3NO2/c1-14-5-7-18-17(9-14)10-15(2)28(13-24(3,4)27)23(18)22-19(25)11-16(12-20(22)26)6-8-21(29)30/h5-9,11-12,15,23H,10,13H2,1-4H3,(H,29,30)/b8-6+. The number of carboxylic acids is 1. The number of fused-ring (bicyclic) bond motifs is 1. The number of nitrogens with zero attached hydrogens (tertiary/aromatic N) is 1.